The quantitative estimate of drug-likeness (QED) is 0.878. The number of rotatable bonds is 5. The largest absolute Gasteiger partial charge is 0.493 e. The molecule has 1 rings (SSSR count). The van der Waals surface area contributed by atoms with E-state index in [1.165, 1.54) is 5.56 Å². The van der Waals surface area contributed by atoms with Crippen LogP contribution in [0.4, 0.5) is 0 Å². The van der Waals surface area contributed by atoms with Crippen LogP contribution in [0.15, 0.2) is 18.2 Å². The molecule has 2 atom stereocenters. The van der Waals surface area contributed by atoms with Gasteiger partial charge in [-0.2, -0.15) is 0 Å². The fourth-order valence-electron chi connectivity index (χ4n) is 1.84. The van der Waals surface area contributed by atoms with Gasteiger partial charge in [-0.25, -0.2) is 0 Å². The highest BCUT2D eigenvalue weighted by molar-refractivity contribution is 5.43. The Morgan fingerprint density at radius 2 is 1.58 bits per heavy atom. The van der Waals surface area contributed by atoms with Crippen molar-refractivity contribution < 1.29 is 9.47 Å². The lowest BCUT2D eigenvalue weighted by molar-refractivity contribution is 0.268. The number of methoxy groups -OCH3 is 2. The Hall–Kier alpha value is -1.22. The average molecular weight is 265 g/mol. The van der Waals surface area contributed by atoms with Crippen LogP contribution in [0.2, 0.25) is 0 Å². The lowest BCUT2D eigenvalue weighted by atomic mass is 9.87. The van der Waals surface area contributed by atoms with E-state index in [9.17, 15) is 0 Å². The van der Waals surface area contributed by atoms with E-state index in [0.29, 0.717) is 6.04 Å². The van der Waals surface area contributed by atoms with Gasteiger partial charge in [0.25, 0.3) is 0 Å². The van der Waals surface area contributed by atoms with E-state index in [1.54, 1.807) is 14.2 Å². The number of benzene rings is 1. The summed E-state index contributed by atoms with van der Waals surface area (Å²) in [5.74, 6) is 1.54. The normalized spacial score (nSPS) is 14.9. The van der Waals surface area contributed by atoms with Crippen LogP contribution < -0.4 is 14.8 Å². The Kier molecular flexibility index (Phi) is 5.24. The van der Waals surface area contributed by atoms with E-state index in [1.807, 2.05) is 12.1 Å². The Morgan fingerprint density at radius 1 is 1.00 bits per heavy atom. The van der Waals surface area contributed by atoms with Crippen LogP contribution in [0.1, 0.15) is 46.2 Å². The van der Waals surface area contributed by atoms with Crippen molar-refractivity contribution in [1.29, 1.82) is 0 Å². The molecule has 1 N–H and O–H groups in total. The zero-order valence-electron chi connectivity index (χ0n) is 13.2. The van der Waals surface area contributed by atoms with Crippen LogP contribution in [0.5, 0.6) is 11.5 Å². The molecule has 19 heavy (non-hydrogen) atoms. The predicted molar refractivity (Wildman–Crippen MR) is 80.0 cm³/mol. The van der Waals surface area contributed by atoms with Crippen LogP contribution in [-0.4, -0.2) is 20.3 Å². The van der Waals surface area contributed by atoms with Crippen molar-refractivity contribution in [3.63, 3.8) is 0 Å². The molecule has 0 aliphatic heterocycles. The van der Waals surface area contributed by atoms with Crippen molar-refractivity contribution >= 4 is 0 Å². The van der Waals surface area contributed by atoms with Crippen LogP contribution >= 0.6 is 0 Å². The average Bonchev–Trinajstić information content (AvgIpc) is 2.36. The van der Waals surface area contributed by atoms with E-state index >= 15 is 0 Å². The van der Waals surface area contributed by atoms with E-state index in [-0.39, 0.29) is 11.5 Å². The summed E-state index contributed by atoms with van der Waals surface area (Å²) in [5.41, 5.74) is 1.44. The van der Waals surface area contributed by atoms with Gasteiger partial charge in [0.05, 0.1) is 14.2 Å². The molecule has 0 bridgehead atoms. The van der Waals surface area contributed by atoms with E-state index in [0.717, 1.165) is 11.5 Å². The Labute approximate surface area is 117 Å². The fraction of sp³-hybridized carbons (Fsp3) is 0.625. The molecule has 0 aliphatic rings. The molecule has 0 saturated carbocycles. The molecule has 0 aromatic heterocycles. The molecule has 1 aromatic rings. The van der Waals surface area contributed by atoms with E-state index < -0.39 is 0 Å². The summed E-state index contributed by atoms with van der Waals surface area (Å²) in [6, 6.07) is 6.76. The summed E-state index contributed by atoms with van der Waals surface area (Å²) in [7, 11) is 3.32. The zero-order chi connectivity index (χ0) is 14.6. The summed E-state index contributed by atoms with van der Waals surface area (Å²) >= 11 is 0. The molecule has 0 saturated heterocycles. The van der Waals surface area contributed by atoms with E-state index in [2.05, 4.69) is 46.0 Å². The van der Waals surface area contributed by atoms with Gasteiger partial charge in [-0.15, -0.1) is 0 Å². The van der Waals surface area contributed by atoms with Crippen molar-refractivity contribution in [2.75, 3.05) is 14.2 Å². The monoisotopic (exact) mass is 265 g/mol. The first-order valence-corrected chi connectivity index (χ1v) is 6.77. The van der Waals surface area contributed by atoms with Crippen molar-refractivity contribution in [2.45, 2.75) is 46.7 Å². The molecule has 3 nitrogen and oxygen atoms in total. The maximum atomic E-state index is 5.35. The van der Waals surface area contributed by atoms with Gasteiger partial charge in [0.1, 0.15) is 0 Å². The Morgan fingerprint density at radius 3 is 2.05 bits per heavy atom. The molecule has 2 unspecified atom stereocenters. The first-order chi connectivity index (χ1) is 8.79. The van der Waals surface area contributed by atoms with Gasteiger partial charge in [-0.1, -0.05) is 26.8 Å². The van der Waals surface area contributed by atoms with Crippen LogP contribution in [0.25, 0.3) is 0 Å². The topological polar surface area (TPSA) is 30.5 Å². The van der Waals surface area contributed by atoms with Gasteiger partial charge < -0.3 is 14.8 Å². The van der Waals surface area contributed by atoms with Gasteiger partial charge in [0, 0.05) is 12.1 Å². The fourth-order valence-corrected chi connectivity index (χ4v) is 1.84. The molecule has 0 spiro atoms. The van der Waals surface area contributed by atoms with Gasteiger partial charge >= 0.3 is 0 Å². The lowest BCUT2D eigenvalue weighted by Crippen LogP contribution is -2.39. The van der Waals surface area contributed by atoms with Crippen LogP contribution in [0, 0.1) is 5.41 Å². The standard InChI is InChI=1S/C16H27NO2/c1-11(17-12(2)16(3,4)5)13-8-9-14(18-6)15(10-13)19-7/h8-12,17H,1-7H3. The minimum atomic E-state index is 0.241. The van der Waals surface area contributed by atoms with Gasteiger partial charge in [0.15, 0.2) is 11.5 Å². The predicted octanol–water partition coefficient (Wildman–Crippen LogP) is 3.79. The molecule has 3 heteroatoms. The summed E-state index contributed by atoms with van der Waals surface area (Å²) in [6.45, 7) is 11.1. The minimum absolute atomic E-state index is 0.241. The first kappa shape index (κ1) is 15.8. The highest BCUT2D eigenvalue weighted by atomic mass is 16.5. The molecule has 0 heterocycles. The second kappa shape index (κ2) is 6.29. The molecule has 0 radical (unpaired) electrons. The number of hydrogen-bond donors (Lipinski definition) is 1. The molecule has 108 valence electrons. The summed E-state index contributed by atoms with van der Waals surface area (Å²) in [4.78, 5) is 0. The maximum absolute atomic E-state index is 5.35. The SMILES string of the molecule is COc1ccc(C(C)NC(C)C(C)(C)C)cc1OC. The number of ether oxygens (including phenoxy) is 2. The first-order valence-electron chi connectivity index (χ1n) is 6.77. The zero-order valence-corrected chi connectivity index (χ0v) is 13.2. The lowest BCUT2D eigenvalue weighted by Gasteiger charge is -2.31. The van der Waals surface area contributed by atoms with Crippen molar-refractivity contribution in [1.82, 2.24) is 5.32 Å². The van der Waals surface area contributed by atoms with Crippen molar-refractivity contribution in [3.8, 4) is 11.5 Å². The van der Waals surface area contributed by atoms with Crippen LogP contribution in [-0.2, 0) is 0 Å². The van der Waals surface area contributed by atoms with E-state index in [4.69, 9.17) is 9.47 Å². The van der Waals surface area contributed by atoms with Crippen molar-refractivity contribution in [3.05, 3.63) is 23.8 Å². The summed E-state index contributed by atoms with van der Waals surface area (Å²) in [6.07, 6.45) is 0. The molecular formula is C16H27NO2. The second-order valence-corrected chi connectivity index (χ2v) is 6.09. The minimum Gasteiger partial charge on any atom is -0.493 e. The smallest absolute Gasteiger partial charge is 0.161 e. The Bertz CT molecular complexity index is 410. The van der Waals surface area contributed by atoms with Crippen molar-refractivity contribution in [2.24, 2.45) is 5.41 Å². The van der Waals surface area contributed by atoms with Gasteiger partial charge in [0.2, 0.25) is 0 Å². The Balaban J connectivity index is 2.85. The molecular weight excluding hydrogens is 238 g/mol. The van der Waals surface area contributed by atoms with Gasteiger partial charge in [-0.3, -0.25) is 0 Å². The third-order valence-electron chi connectivity index (χ3n) is 3.71. The molecule has 1 aromatic carbocycles. The highest BCUT2D eigenvalue weighted by Gasteiger charge is 2.22. The second-order valence-electron chi connectivity index (χ2n) is 6.09. The molecule has 0 amide bonds. The molecule has 0 fully saturated rings. The highest BCUT2D eigenvalue weighted by Crippen LogP contribution is 2.30. The maximum Gasteiger partial charge on any atom is 0.161 e. The van der Waals surface area contributed by atoms with Gasteiger partial charge in [-0.05, 0) is 37.0 Å². The summed E-state index contributed by atoms with van der Waals surface area (Å²) < 4.78 is 10.6. The molecule has 0 aliphatic carbocycles. The third kappa shape index (κ3) is 4.13. The summed E-state index contributed by atoms with van der Waals surface area (Å²) in [5, 5.41) is 3.63. The number of hydrogen-bond acceptors (Lipinski definition) is 3. The third-order valence-corrected chi connectivity index (χ3v) is 3.71. The van der Waals surface area contributed by atoms with Crippen LogP contribution in [0.3, 0.4) is 0 Å². The number of nitrogens with one attached hydrogen (secondary N) is 1.